The SMILES string of the molecule is CCC1(OC)C=CC2=C(C1)C(C)C(CC=CC=CC=CC1=[N+](CCCCCC(=O)NNCc3ccncc3)c3ccc(OC)cc3C1(C)CC)N2CCCCCC(=O)O. The second-order valence-electron chi connectivity index (χ2n) is 16.4. The Labute approximate surface area is 352 Å². The number of benzene rings is 1. The van der Waals surface area contributed by atoms with Gasteiger partial charge in [-0.05, 0) is 93.3 Å². The van der Waals surface area contributed by atoms with Crippen molar-refractivity contribution < 1.29 is 28.7 Å². The fourth-order valence-electron chi connectivity index (χ4n) is 8.93. The molecule has 0 saturated heterocycles. The maximum Gasteiger partial charge on any atom is 0.303 e. The lowest BCUT2D eigenvalue weighted by atomic mass is 9.77. The van der Waals surface area contributed by atoms with Gasteiger partial charge in [0.05, 0.1) is 18.1 Å². The summed E-state index contributed by atoms with van der Waals surface area (Å²) in [6, 6.07) is 10.6. The highest BCUT2D eigenvalue weighted by molar-refractivity contribution is 6.03. The number of unbranched alkanes of at least 4 members (excludes halogenated alkanes) is 4. The summed E-state index contributed by atoms with van der Waals surface area (Å²) >= 11 is 0. The fourth-order valence-corrected chi connectivity index (χ4v) is 8.93. The van der Waals surface area contributed by atoms with Crippen LogP contribution < -0.4 is 15.6 Å². The first-order valence-corrected chi connectivity index (χ1v) is 21.8. The average molecular weight is 807 g/mol. The van der Waals surface area contributed by atoms with Crippen LogP contribution in [0.4, 0.5) is 5.69 Å². The van der Waals surface area contributed by atoms with Crippen LogP contribution in [-0.4, -0.2) is 76.1 Å². The van der Waals surface area contributed by atoms with Crippen LogP contribution in [0.25, 0.3) is 0 Å². The molecule has 1 amide bonds. The molecule has 4 atom stereocenters. The van der Waals surface area contributed by atoms with Crippen molar-refractivity contribution in [2.24, 2.45) is 5.92 Å². The van der Waals surface area contributed by atoms with Gasteiger partial charge in [-0.25, -0.2) is 5.43 Å². The second kappa shape index (κ2) is 22.0. The van der Waals surface area contributed by atoms with Gasteiger partial charge in [0.2, 0.25) is 11.6 Å². The average Bonchev–Trinajstić information content (AvgIpc) is 3.64. The largest absolute Gasteiger partial charge is 0.497 e. The van der Waals surface area contributed by atoms with Crippen molar-refractivity contribution in [2.75, 3.05) is 27.3 Å². The molecule has 59 heavy (non-hydrogen) atoms. The van der Waals surface area contributed by atoms with Crippen LogP contribution >= 0.6 is 0 Å². The maximum absolute atomic E-state index is 12.5. The zero-order chi connectivity index (χ0) is 42.3. The molecule has 0 fully saturated rings. The molecule has 0 saturated carbocycles. The van der Waals surface area contributed by atoms with Crippen molar-refractivity contribution in [3.63, 3.8) is 0 Å². The molecule has 3 heterocycles. The van der Waals surface area contributed by atoms with E-state index in [1.165, 1.54) is 28.2 Å². The summed E-state index contributed by atoms with van der Waals surface area (Å²) in [7, 11) is 3.54. The fraction of sp³-hybridized carbons (Fsp3) is 0.510. The van der Waals surface area contributed by atoms with Gasteiger partial charge in [0, 0.05) is 93.6 Å². The number of carboxylic acid groups (broad SMARTS) is 1. The van der Waals surface area contributed by atoms with Crippen LogP contribution in [0.1, 0.15) is 116 Å². The second-order valence-corrected chi connectivity index (χ2v) is 16.4. The van der Waals surface area contributed by atoms with Gasteiger partial charge in [-0.2, -0.15) is 4.58 Å². The van der Waals surface area contributed by atoms with Crippen molar-refractivity contribution >= 4 is 23.3 Å². The Balaban J connectivity index is 1.21. The molecule has 2 aromatic rings. The predicted molar refractivity (Wildman–Crippen MR) is 237 cm³/mol. The Morgan fingerprint density at radius 3 is 2.47 bits per heavy atom. The maximum atomic E-state index is 12.5. The summed E-state index contributed by atoms with van der Waals surface area (Å²) < 4.78 is 14.2. The normalized spacial score (nSPS) is 22.6. The number of allylic oxidation sites excluding steroid dienone is 6. The van der Waals surface area contributed by atoms with Crippen LogP contribution in [0, 0.1) is 5.92 Å². The van der Waals surface area contributed by atoms with E-state index in [0.29, 0.717) is 31.3 Å². The zero-order valence-corrected chi connectivity index (χ0v) is 36.3. The van der Waals surface area contributed by atoms with E-state index in [-0.39, 0.29) is 23.3 Å². The molecule has 10 heteroatoms. The number of hydrogen-bond donors (Lipinski definition) is 3. The number of aliphatic carboxylic acids is 1. The van der Waals surface area contributed by atoms with E-state index in [4.69, 9.17) is 14.6 Å². The summed E-state index contributed by atoms with van der Waals surface area (Å²) in [4.78, 5) is 30.2. The van der Waals surface area contributed by atoms with E-state index in [2.05, 4.69) is 114 Å². The molecular weight excluding hydrogens is 739 g/mol. The summed E-state index contributed by atoms with van der Waals surface area (Å²) in [5.41, 5.74) is 13.1. The van der Waals surface area contributed by atoms with Crippen LogP contribution in [0.5, 0.6) is 5.75 Å². The molecule has 0 bridgehead atoms. The quantitative estimate of drug-likeness (QED) is 0.0417. The number of rotatable bonds is 24. The summed E-state index contributed by atoms with van der Waals surface area (Å²) in [6.45, 7) is 11.5. The van der Waals surface area contributed by atoms with Gasteiger partial charge >= 0.3 is 5.97 Å². The van der Waals surface area contributed by atoms with Crippen molar-refractivity contribution in [1.29, 1.82) is 0 Å². The third-order valence-electron chi connectivity index (χ3n) is 12.8. The first-order chi connectivity index (χ1) is 28.6. The number of amides is 1. The number of pyridine rings is 1. The molecule has 5 rings (SSSR count). The van der Waals surface area contributed by atoms with Crippen molar-refractivity contribution in [3.05, 3.63) is 114 Å². The van der Waals surface area contributed by atoms with Crippen LogP contribution in [0.2, 0.25) is 0 Å². The Bertz CT molecular complexity index is 1910. The minimum absolute atomic E-state index is 0.00494. The van der Waals surface area contributed by atoms with Crippen molar-refractivity contribution in [3.8, 4) is 5.75 Å². The van der Waals surface area contributed by atoms with Crippen molar-refractivity contribution in [1.82, 2.24) is 20.7 Å². The molecule has 4 unspecified atom stereocenters. The van der Waals surface area contributed by atoms with E-state index in [0.717, 1.165) is 82.2 Å². The first kappa shape index (κ1) is 45.3. The predicted octanol–water partition coefficient (Wildman–Crippen LogP) is 9.27. The number of carboxylic acids is 1. The molecule has 3 N–H and O–H groups in total. The van der Waals surface area contributed by atoms with Gasteiger partial charge in [0.25, 0.3) is 0 Å². The number of hydrogen-bond acceptors (Lipinski definition) is 7. The Hall–Kier alpha value is -4.80. The van der Waals surface area contributed by atoms with E-state index in [1.54, 1.807) is 19.5 Å². The monoisotopic (exact) mass is 807 g/mol. The highest BCUT2D eigenvalue weighted by atomic mass is 16.5. The number of nitrogens with zero attached hydrogens (tertiary/aromatic N) is 3. The molecule has 318 valence electrons. The molecule has 1 aromatic carbocycles. The highest BCUT2D eigenvalue weighted by Gasteiger charge is 2.47. The summed E-state index contributed by atoms with van der Waals surface area (Å²) in [5.74, 6) is 0.552. The number of nitrogens with one attached hydrogen (secondary N) is 2. The Morgan fingerprint density at radius 2 is 1.75 bits per heavy atom. The number of carbonyl (C=O) groups excluding carboxylic acids is 1. The smallest absolute Gasteiger partial charge is 0.303 e. The Morgan fingerprint density at radius 1 is 0.983 bits per heavy atom. The number of hydrazine groups is 1. The van der Waals surface area contributed by atoms with Crippen LogP contribution in [0.3, 0.4) is 0 Å². The number of methoxy groups -OCH3 is 2. The van der Waals surface area contributed by atoms with Crippen molar-refractivity contribution in [2.45, 2.75) is 128 Å². The van der Waals surface area contributed by atoms with Gasteiger partial charge < -0.3 is 19.5 Å². The highest BCUT2D eigenvalue weighted by Crippen LogP contribution is 2.46. The van der Waals surface area contributed by atoms with E-state index >= 15 is 0 Å². The molecule has 3 aliphatic rings. The van der Waals surface area contributed by atoms with Crippen LogP contribution in [-0.2, 0) is 26.3 Å². The number of carbonyl (C=O) groups is 2. The lowest BCUT2D eigenvalue weighted by molar-refractivity contribution is -0.438. The summed E-state index contributed by atoms with van der Waals surface area (Å²) in [6.07, 6.45) is 31.0. The molecule has 10 nitrogen and oxygen atoms in total. The van der Waals surface area contributed by atoms with Gasteiger partial charge in [-0.15, -0.1) is 0 Å². The number of aromatic nitrogens is 1. The van der Waals surface area contributed by atoms with Gasteiger partial charge in [-0.3, -0.25) is 20.0 Å². The molecule has 1 aromatic heterocycles. The zero-order valence-electron chi connectivity index (χ0n) is 36.3. The molecule has 1 aliphatic carbocycles. The lowest BCUT2D eigenvalue weighted by Crippen LogP contribution is -2.36. The minimum atomic E-state index is -0.720. The van der Waals surface area contributed by atoms with E-state index in [9.17, 15) is 9.59 Å². The van der Waals surface area contributed by atoms with Gasteiger partial charge in [0.1, 0.15) is 12.3 Å². The summed E-state index contributed by atoms with van der Waals surface area (Å²) in [5, 5.41) is 9.11. The third-order valence-corrected chi connectivity index (χ3v) is 12.8. The van der Waals surface area contributed by atoms with E-state index < -0.39 is 5.97 Å². The number of fused-ring (bicyclic) bond motifs is 1. The molecule has 0 radical (unpaired) electrons. The van der Waals surface area contributed by atoms with E-state index in [1.807, 2.05) is 25.3 Å². The standard InChI is InChI=1S/C49H67N5O5/c1-7-48(4)41-34-39(58-5)24-25-44(41)54(33-19-12-16-22-46(55)52-51-36-38-27-30-50-31-28-38)45(48)21-15-11-9-10-14-20-42-37(3)40-35-49(8-2,59-6)29-26-43(40)53(42)32-18-13-17-23-47(56)57/h9-11,14-15,21,24-31,34,37,42,51H,7-8,12-13,16-20,22-23,32-33,35-36H2,1-6H3,(H-,52,55,56,57)/p+1. The first-order valence-electron chi connectivity index (χ1n) is 21.8. The minimum Gasteiger partial charge on any atom is -0.497 e. The van der Waals surface area contributed by atoms with Gasteiger partial charge in [0.15, 0.2) is 5.71 Å². The van der Waals surface area contributed by atoms with Crippen LogP contribution in [0.15, 0.2) is 103 Å². The van der Waals surface area contributed by atoms with Gasteiger partial charge in [-0.1, -0.05) is 63.6 Å². The molecular formula is C49H68N5O5+. The third kappa shape index (κ3) is 11.5. The lowest BCUT2D eigenvalue weighted by Gasteiger charge is -2.33. The topological polar surface area (TPSA) is 116 Å². The molecule has 0 spiro atoms. The molecule has 2 aliphatic heterocycles. The Kier molecular flexibility index (Phi) is 16.9. The number of ether oxygens (including phenoxy) is 2.